The van der Waals surface area contributed by atoms with Crippen LogP contribution in [0, 0.1) is 23.2 Å². The number of hydrogen-bond donors (Lipinski definition) is 2. The minimum Gasteiger partial charge on any atom is -0.393 e. The number of aromatic nitrogens is 2. The Morgan fingerprint density at radius 3 is 2.83 bits per heavy atom. The van der Waals surface area contributed by atoms with E-state index in [2.05, 4.69) is 36.3 Å². The van der Waals surface area contributed by atoms with Gasteiger partial charge < -0.3 is 5.11 Å². The Morgan fingerprint density at radius 1 is 1.13 bits per heavy atom. The third kappa shape index (κ3) is 1.72. The predicted octanol–water partition coefficient (Wildman–Crippen LogP) is 3.75. The van der Waals surface area contributed by atoms with Gasteiger partial charge in [-0.2, -0.15) is 5.10 Å². The molecule has 2 N–H and O–H groups in total. The maximum atomic E-state index is 10.1. The molecule has 1 aromatic heterocycles. The zero-order valence-corrected chi connectivity index (χ0v) is 14.3. The van der Waals surface area contributed by atoms with Crippen molar-refractivity contribution < 1.29 is 5.11 Å². The number of allylic oxidation sites excluding steroid dienone is 1. The lowest BCUT2D eigenvalue weighted by Gasteiger charge is -2.57. The van der Waals surface area contributed by atoms with Crippen molar-refractivity contribution in [1.29, 1.82) is 0 Å². The highest BCUT2D eigenvalue weighted by Crippen LogP contribution is 2.63. The first-order valence-corrected chi connectivity index (χ1v) is 9.43. The third-order valence-electron chi connectivity index (χ3n) is 8.20. The number of nitrogens with zero attached hydrogens (tertiary/aromatic N) is 1. The van der Waals surface area contributed by atoms with Crippen molar-refractivity contribution >= 4 is 0 Å². The van der Waals surface area contributed by atoms with Crippen LogP contribution in [0.15, 0.2) is 17.8 Å². The van der Waals surface area contributed by atoms with Crippen molar-refractivity contribution in [2.24, 2.45) is 23.2 Å². The highest BCUT2D eigenvalue weighted by Gasteiger charge is 2.57. The Balaban J connectivity index is 1.53. The number of rotatable bonds is 0. The van der Waals surface area contributed by atoms with Crippen LogP contribution in [0.5, 0.6) is 0 Å². The second-order valence-electron chi connectivity index (χ2n) is 9.09. The fourth-order valence-corrected chi connectivity index (χ4v) is 6.85. The summed E-state index contributed by atoms with van der Waals surface area (Å²) in [6.45, 7) is 4.98. The van der Waals surface area contributed by atoms with Gasteiger partial charge in [-0.3, -0.25) is 5.10 Å². The van der Waals surface area contributed by atoms with E-state index < -0.39 is 0 Å². The number of aliphatic hydroxyl groups is 1. The second kappa shape index (κ2) is 4.50. The van der Waals surface area contributed by atoms with Gasteiger partial charge in [-0.1, -0.05) is 25.5 Å². The van der Waals surface area contributed by atoms with Crippen molar-refractivity contribution in [2.45, 2.75) is 70.3 Å². The molecule has 3 heteroatoms. The molecular formula is C20H28N2O. The molecule has 0 aliphatic heterocycles. The Hall–Kier alpha value is -1.09. The summed E-state index contributed by atoms with van der Waals surface area (Å²) in [5.41, 5.74) is 5.12. The summed E-state index contributed by atoms with van der Waals surface area (Å²) in [5, 5.41) is 17.7. The summed E-state index contributed by atoms with van der Waals surface area (Å²) in [6.07, 6.45) is 12.6. The molecule has 0 amide bonds. The normalized spacial score (nSPS) is 48.0. The van der Waals surface area contributed by atoms with Crippen LogP contribution in [0.25, 0.3) is 0 Å². The number of fused-ring (bicyclic) bond motifs is 7. The smallest absolute Gasteiger partial charge is 0.0577 e. The van der Waals surface area contributed by atoms with E-state index in [-0.39, 0.29) is 6.10 Å². The molecule has 3 nitrogen and oxygen atoms in total. The Morgan fingerprint density at radius 2 is 1.96 bits per heavy atom. The molecular weight excluding hydrogens is 284 g/mol. The first kappa shape index (κ1) is 14.3. The molecule has 2 saturated carbocycles. The Labute approximate surface area is 138 Å². The summed E-state index contributed by atoms with van der Waals surface area (Å²) in [4.78, 5) is 0. The zero-order valence-electron chi connectivity index (χ0n) is 14.3. The molecule has 4 aliphatic carbocycles. The average molecular weight is 312 g/mol. The van der Waals surface area contributed by atoms with Crippen LogP contribution in [0.1, 0.15) is 63.6 Å². The lowest BCUT2D eigenvalue weighted by molar-refractivity contribution is -0.0172. The first-order chi connectivity index (χ1) is 11.0. The molecule has 4 aliphatic rings. The van der Waals surface area contributed by atoms with Gasteiger partial charge in [-0.15, -0.1) is 0 Å². The van der Waals surface area contributed by atoms with E-state index in [1.807, 2.05) is 0 Å². The van der Waals surface area contributed by atoms with E-state index in [9.17, 15) is 5.11 Å². The number of hydrogen-bond acceptors (Lipinski definition) is 2. The van der Waals surface area contributed by atoms with E-state index in [0.717, 1.165) is 30.6 Å². The molecule has 0 radical (unpaired) electrons. The van der Waals surface area contributed by atoms with Gasteiger partial charge in [0.05, 0.1) is 12.3 Å². The molecule has 124 valence electrons. The summed E-state index contributed by atoms with van der Waals surface area (Å²) in [5.74, 6) is 2.38. The lowest BCUT2D eigenvalue weighted by Crippen LogP contribution is -2.51. The van der Waals surface area contributed by atoms with Crippen LogP contribution in [-0.4, -0.2) is 21.4 Å². The van der Waals surface area contributed by atoms with Crippen molar-refractivity contribution in [3.05, 3.63) is 29.1 Å². The molecule has 23 heavy (non-hydrogen) atoms. The van der Waals surface area contributed by atoms with Gasteiger partial charge in [0.1, 0.15) is 0 Å². The van der Waals surface area contributed by atoms with E-state index in [1.54, 1.807) is 5.57 Å². The van der Waals surface area contributed by atoms with E-state index in [1.165, 1.54) is 43.4 Å². The van der Waals surface area contributed by atoms with Crippen LogP contribution in [0.2, 0.25) is 0 Å². The quantitative estimate of drug-likeness (QED) is 0.717. The summed E-state index contributed by atoms with van der Waals surface area (Å²) < 4.78 is 0. The van der Waals surface area contributed by atoms with Crippen LogP contribution < -0.4 is 0 Å². The van der Waals surface area contributed by atoms with Crippen LogP contribution >= 0.6 is 0 Å². The van der Waals surface area contributed by atoms with Crippen molar-refractivity contribution in [1.82, 2.24) is 10.2 Å². The van der Waals surface area contributed by atoms with E-state index >= 15 is 0 Å². The van der Waals surface area contributed by atoms with Crippen molar-refractivity contribution in [3.8, 4) is 0 Å². The average Bonchev–Trinajstić information content (AvgIpc) is 3.09. The SMILES string of the molecule is C[C@]12CC[C@H](O)CC1=CC[C@H]1[C@@H]2CC[C@]2(C)c3[nH]ncc3C[C@@H]12. The summed E-state index contributed by atoms with van der Waals surface area (Å²) in [7, 11) is 0. The highest BCUT2D eigenvalue weighted by molar-refractivity contribution is 5.36. The molecule has 6 atom stereocenters. The highest BCUT2D eigenvalue weighted by atomic mass is 16.3. The molecule has 1 heterocycles. The molecule has 0 aromatic carbocycles. The largest absolute Gasteiger partial charge is 0.393 e. The molecule has 0 bridgehead atoms. The fourth-order valence-electron chi connectivity index (χ4n) is 6.85. The molecule has 0 saturated heterocycles. The van der Waals surface area contributed by atoms with Crippen LogP contribution in [0.3, 0.4) is 0 Å². The van der Waals surface area contributed by atoms with Gasteiger partial charge in [0, 0.05) is 11.1 Å². The van der Waals surface area contributed by atoms with Gasteiger partial charge in [-0.25, -0.2) is 0 Å². The third-order valence-corrected chi connectivity index (χ3v) is 8.20. The molecule has 1 aromatic rings. The predicted molar refractivity (Wildman–Crippen MR) is 90.0 cm³/mol. The lowest BCUT2D eigenvalue weighted by atomic mass is 9.48. The van der Waals surface area contributed by atoms with Gasteiger partial charge in [-0.05, 0) is 73.7 Å². The maximum absolute atomic E-state index is 10.1. The van der Waals surface area contributed by atoms with Crippen LogP contribution in [-0.2, 0) is 11.8 Å². The van der Waals surface area contributed by atoms with Crippen molar-refractivity contribution in [3.63, 3.8) is 0 Å². The minimum atomic E-state index is -0.0999. The zero-order chi connectivity index (χ0) is 15.8. The standard InChI is InChI=1S/C20H28N2O/c1-19-7-5-14(23)10-13(19)3-4-15-16(19)6-8-20(2)17(15)9-12-11-21-22-18(12)20/h3,11,14-17,23H,4-10H2,1-2H3,(H,21,22)/t14-,15-,16-,17-,19-,20-/m0/s1. The Kier molecular flexibility index (Phi) is 2.79. The second-order valence-corrected chi connectivity index (χ2v) is 9.09. The molecule has 2 fully saturated rings. The van der Waals surface area contributed by atoms with Crippen LogP contribution in [0.4, 0.5) is 0 Å². The molecule has 0 spiro atoms. The Bertz CT molecular complexity index is 677. The van der Waals surface area contributed by atoms with Gasteiger partial charge in [0.25, 0.3) is 0 Å². The number of nitrogens with one attached hydrogen (secondary N) is 1. The number of H-pyrrole nitrogens is 1. The van der Waals surface area contributed by atoms with Gasteiger partial charge in [0.15, 0.2) is 0 Å². The minimum absolute atomic E-state index is 0.0999. The van der Waals surface area contributed by atoms with E-state index in [0.29, 0.717) is 10.8 Å². The first-order valence-electron chi connectivity index (χ1n) is 9.43. The number of aromatic amines is 1. The summed E-state index contributed by atoms with van der Waals surface area (Å²) >= 11 is 0. The van der Waals surface area contributed by atoms with Gasteiger partial charge in [0.2, 0.25) is 0 Å². The summed E-state index contributed by atoms with van der Waals surface area (Å²) in [6, 6.07) is 0. The van der Waals surface area contributed by atoms with E-state index in [4.69, 9.17) is 0 Å². The monoisotopic (exact) mass is 312 g/mol. The van der Waals surface area contributed by atoms with Crippen molar-refractivity contribution in [2.75, 3.05) is 0 Å². The topological polar surface area (TPSA) is 48.9 Å². The molecule has 0 unspecified atom stereocenters. The number of aliphatic hydroxyl groups excluding tert-OH is 1. The maximum Gasteiger partial charge on any atom is 0.0577 e. The van der Waals surface area contributed by atoms with Gasteiger partial charge >= 0.3 is 0 Å². The molecule has 5 rings (SSSR count). The fraction of sp³-hybridized carbons (Fsp3) is 0.750.